The number of morpholine rings is 1. The summed E-state index contributed by atoms with van der Waals surface area (Å²) in [5.41, 5.74) is 1.75. The third-order valence-corrected chi connectivity index (χ3v) is 4.27. The molecule has 0 radical (unpaired) electrons. The highest BCUT2D eigenvalue weighted by Crippen LogP contribution is 2.18. The predicted molar refractivity (Wildman–Crippen MR) is 99.3 cm³/mol. The van der Waals surface area contributed by atoms with Crippen molar-refractivity contribution in [1.29, 1.82) is 0 Å². The second-order valence-corrected chi connectivity index (χ2v) is 5.99. The molecule has 0 saturated carbocycles. The molecule has 1 saturated heterocycles. The zero-order valence-electron chi connectivity index (χ0n) is 14.5. The van der Waals surface area contributed by atoms with Crippen molar-refractivity contribution in [1.82, 2.24) is 10.3 Å². The normalized spacial score (nSPS) is 14.2. The number of rotatable bonds is 6. The minimum absolute atomic E-state index is 0.0870. The van der Waals surface area contributed by atoms with Crippen molar-refractivity contribution < 1.29 is 9.53 Å². The van der Waals surface area contributed by atoms with E-state index < -0.39 is 0 Å². The molecule has 0 spiro atoms. The van der Waals surface area contributed by atoms with Crippen molar-refractivity contribution in [2.45, 2.75) is 0 Å². The summed E-state index contributed by atoms with van der Waals surface area (Å²) in [6.45, 7) is 4.16. The molecule has 6 nitrogen and oxygen atoms in total. The summed E-state index contributed by atoms with van der Waals surface area (Å²) < 4.78 is 5.38. The van der Waals surface area contributed by atoms with Crippen molar-refractivity contribution in [3.63, 3.8) is 0 Å². The molecular weight excluding hydrogens is 316 g/mol. The Labute approximate surface area is 148 Å². The lowest BCUT2D eigenvalue weighted by Crippen LogP contribution is -2.39. The first-order valence-corrected chi connectivity index (χ1v) is 8.58. The third-order valence-electron chi connectivity index (χ3n) is 4.27. The Bertz CT molecular complexity index is 687. The smallest absolute Gasteiger partial charge is 0.255 e. The molecule has 2 heterocycles. The number of anilines is 2. The molecule has 2 aromatic rings. The number of nitrogens with zero attached hydrogens (tertiary/aromatic N) is 3. The molecule has 1 aliphatic rings. The number of aromatic nitrogens is 1. The van der Waals surface area contributed by atoms with Crippen LogP contribution in [0, 0.1) is 0 Å². The predicted octanol–water partition coefficient (Wildman–Crippen LogP) is 1.78. The fourth-order valence-corrected chi connectivity index (χ4v) is 2.85. The first-order chi connectivity index (χ1) is 12.3. The van der Waals surface area contributed by atoms with Gasteiger partial charge in [-0.3, -0.25) is 4.79 Å². The summed E-state index contributed by atoms with van der Waals surface area (Å²) in [5, 5.41) is 3.00. The molecule has 132 valence electrons. The van der Waals surface area contributed by atoms with E-state index in [0.29, 0.717) is 25.3 Å². The number of ether oxygens (including phenoxy) is 1. The fourth-order valence-electron chi connectivity index (χ4n) is 2.85. The second-order valence-electron chi connectivity index (χ2n) is 5.99. The summed E-state index contributed by atoms with van der Waals surface area (Å²) in [6.07, 6.45) is 1.73. The van der Waals surface area contributed by atoms with Crippen molar-refractivity contribution in [2.75, 3.05) is 56.2 Å². The zero-order chi connectivity index (χ0) is 17.5. The van der Waals surface area contributed by atoms with Crippen molar-refractivity contribution >= 4 is 17.4 Å². The maximum atomic E-state index is 12.6. The van der Waals surface area contributed by atoms with E-state index in [-0.39, 0.29) is 5.91 Å². The lowest BCUT2D eigenvalue weighted by molar-refractivity contribution is 0.0952. The molecule has 1 amide bonds. The molecule has 1 aromatic carbocycles. The molecule has 3 rings (SSSR count). The quantitative estimate of drug-likeness (QED) is 0.869. The summed E-state index contributed by atoms with van der Waals surface area (Å²) in [6, 6.07) is 13.7. The van der Waals surface area contributed by atoms with Gasteiger partial charge < -0.3 is 19.9 Å². The van der Waals surface area contributed by atoms with Crippen LogP contribution in [0.3, 0.4) is 0 Å². The minimum atomic E-state index is -0.0870. The van der Waals surface area contributed by atoms with Gasteiger partial charge in [-0.1, -0.05) is 18.2 Å². The van der Waals surface area contributed by atoms with Gasteiger partial charge in [0.1, 0.15) is 5.82 Å². The Morgan fingerprint density at radius 2 is 1.96 bits per heavy atom. The monoisotopic (exact) mass is 340 g/mol. The average molecular weight is 340 g/mol. The number of amides is 1. The molecule has 1 aromatic heterocycles. The van der Waals surface area contributed by atoms with E-state index in [1.54, 1.807) is 12.3 Å². The van der Waals surface area contributed by atoms with Crippen LogP contribution in [0.1, 0.15) is 10.4 Å². The van der Waals surface area contributed by atoms with Gasteiger partial charge in [0.2, 0.25) is 0 Å². The number of para-hydroxylation sites is 1. The Kier molecular flexibility index (Phi) is 5.85. The van der Waals surface area contributed by atoms with E-state index in [9.17, 15) is 4.79 Å². The average Bonchev–Trinajstić information content (AvgIpc) is 2.69. The van der Waals surface area contributed by atoms with Gasteiger partial charge in [0, 0.05) is 45.1 Å². The third kappa shape index (κ3) is 4.48. The second kappa shape index (κ2) is 8.48. The zero-order valence-corrected chi connectivity index (χ0v) is 14.5. The Morgan fingerprint density at radius 1 is 1.20 bits per heavy atom. The van der Waals surface area contributed by atoms with Gasteiger partial charge in [0.15, 0.2) is 0 Å². The number of carbonyl (C=O) groups excluding carboxylic acids is 1. The van der Waals surface area contributed by atoms with E-state index in [2.05, 4.69) is 32.2 Å². The largest absolute Gasteiger partial charge is 0.378 e. The number of hydrogen-bond acceptors (Lipinski definition) is 5. The highest BCUT2D eigenvalue weighted by atomic mass is 16.5. The van der Waals surface area contributed by atoms with Gasteiger partial charge >= 0.3 is 0 Å². The van der Waals surface area contributed by atoms with Crippen LogP contribution in [0.25, 0.3) is 0 Å². The van der Waals surface area contributed by atoms with Crippen LogP contribution in [0.4, 0.5) is 11.5 Å². The minimum Gasteiger partial charge on any atom is -0.378 e. The van der Waals surface area contributed by atoms with Gasteiger partial charge in [-0.05, 0) is 24.3 Å². The SMILES string of the molecule is CN(CCNC(=O)c1cccnc1N1CCOCC1)c1ccccc1. The summed E-state index contributed by atoms with van der Waals surface area (Å²) in [4.78, 5) is 21.2. The molecule has 0 bridgehead atoms. The van der Waals surface area contributed by atoms with E-state index >= 15 is 0 Å². The molecule has 1 N–H and O–H groups in total. The number of likely N-dealkylation sites (N-methyl/N-ethyl adjacent to an activating group) is 1. The van der Waals surface area contributed by atoms with E-state index in [0.717, 1.165) is 31.1 Å². The fraction of sp³-hybridized carbons (Fsp3) is 0.368. The molecular formula is C19H24N4O2. The van der Waals surface area contributed by atoms with Crippen molar-refractivity contribution in [3.05, 3.63) is 54.2 Å². The van der Waals surface area contributed by atoms with E-state index in [1.165, 1.54) is 0 Å². The van der Waals surface area contributed by atoms with Crippen LogP contribution in [0.5, 0.6) is 0 Å². The Morgan fingerprint density at radius 3 is 2.72 bits per heavy atom. The standard InChI is InChI=1S/C19H24N4O2/c1-22(16-6-3-2-4-7-16)11-10-21-19(24)17-8-5-9-20-18(17)23-12-14-25-15-13-23/h2-9H,10-15H2,1H3,(H,21,24). The van der Waals surface area contributed by atoms with Gasteiger partial charge in [-0.25, -0.2) is 4.98 Å². The van der Waals surface area contributed by atoms with E-state index in [4.69, 9.17) is 4.74 Å². The summed E-state index contributed by atoms with van der Waals surface area (Å²) >= 11 is 0. The number of hydrogen-bond donors (Lipinski definition) is 1. The van der Waals surface area contributed by atoms with Gasteiger partial charge in [0.05, 0.1) is 18.8 Å². The summed E-state index contributed by atoms with van der Waals surface area (Å²) in [7, 11) is 2.02. The molecule has 0 aliphatic carbocycles. The Hall–Kier alpha value is -2.60. The Balaban J connectivity index is 1.58. The highest BCUT2D eigenvalue weighted by Gasteiger charge is 2.19. The van der Waals surface area contributed by atoms with E-state index in [1.807, 2.05) is 31.3 Å². The van der Waals surface area contributed by atoms with Crippen molar-refractivity contribution in [2.24, 2.45) is 0 Å². The molecule has 0 atom stereocenters. The molecule has 0 unspecified atom stereocenters. The molecule has 25 heavy (non-hydrogen) atoms. The van der Waals surface area contributed by atoms with Crippen LogP contribution >= 0.6 is 0 Å². The first kappa shape index (κ1) is 17.2. The number of nitrogens with one attached hydrogen (secondary N) is 1. The number of carbonyl (C=O) groups is 1. The molecule has 1 aliphatic heterocycles. The van der Waals surface area contributed by atoms with Crippen LogP contribution in [0.2, 0.25) is 0 Å². The molecule has 6 heteroatoms. The number of pyridine rings is 1. The van der Waals surface area contributed by atoms with Crippen LogP contribution < -0.4 is 15.1 Å². The van der Waals surface area contributed by atoms with Gasteiger partial charge in [-0.15, -0.1) is 0 Å². The molecule has 1 fully saturated rings. The van der Waals surface area contributed by atoms with Crippen LogP contribution in [0.15, 0.2) is 48.7 Å². The lowest BCUT2D eigenvalue weighted by Gasteiger charge is -2.29. The van der Waals surface area contributed by atoms with Crippen LogP contribution in [-0.4, -0.2) is 57.3 Å². The highest BCUT2D eigenvalue weighted by molar-refractivity contribution is 5.98. The lowest BCUT2D eigenvalue weighted by atomic mass is 10.2. The van der Waals surface area contributed by atoms with Crippen LogP contribution in [-0.2, 0) is 4.74 Å². The maximum absolute atomic E-state index is 12.6. The van der Waals surface area contributed by atoms with Crippen molar-refractivity contribution in [3.8, 4) is 0 Å². The topological polar surface area (TPSA) is 57.7 Å². The first-order valence-electron chi connectivity index (χ1n) is 8.58. The van der Waals surface area contributed by atoms with Gasteiger partial charge in [0.25, 0.3) is 5.91 Å². The number of benzene rings is 1. The maximum Gasteiger partial charge on any atom is 0.255 e. The summed E-state index contributed by atoms with van der Waals surface area (Å²) in [5.74, 6) is 0.649. The van der Waals surface area contributed by atoms with Gasteiger partial charge in [-0.2, -0.15) is 0 Å².